The molecule has 0 bridgehead atoms. The highest BCUT2D eigenvalue weighted by Crippen LogP contribution is 2.40. The van der Waals surface area contributed by atoms with Crippen LogP contribution in [0.15, 0.2) is 48.5 Å². The molecule has 0 radical (unpaired) electrons. The van der Waals surface area contributed by atoms with Crippen molar-refractivity contribution >= 4 is 11.9 Å². The molecule has 1 fully saturated rings. The van der Waals surface area contributed by atoms with E-state index in [0.29, 0.717) is 12.0 Å². The first-order valence-corrected chi connectivity index (χ1v) is 8.08. The molecule has 122 valence electrons. The SMILES string of the molecule is O=C1N[C@]2(CCCc3ccccc32)C(=O)N1Cc1ccccc1F. The fraction of sp³-hybridized carbons (Fsp3) is 0.263. The van der Waals surface area contributed by atoms with Gasteiger partial charge in [0.2, 0.25) is 0 Å². The predicted molar refractivity (Wildman–Crippen MR) is 86.5 cm³/mol. The molecule has 4 nitrogen and oxygen atoms in total. The molecule has 0 unspecified atom stereocenters. The lowest BCUT2D eigenvalue weighted by Crippen LogP contribution is -2.46. The summed E-state index contributed by atoms with van der Waals surface area (Å²) in [6.45, 7) is -0.0543. The molecular formula is C19H17FN2O2. The van der Waals surface area contributed by atoms with E-state index in [1.165, 1.54) is 6.07 Å². The van der Waals surface area contributed by atoms with E-state index in [4.69, 9.17) is 0 Å². The second kappa shape index (κ2) is 5.44. The van der Waals surface area contributed by atoms with Crippen molar-refractivity contribution in [1.82, 2.24) is 10.2 Å². The number of hydrogen-bond acceptors (Lipinski definition) is 2. The molecule has 2 aliphatic rings. The summed E-state index contributed by atoms with van der Waals surface area (Å²) in [6.07, 6.45) is 2.30. The largest absolute Gasteiger partial charge is 0.325 e. The second-order valence-electron chi connectivity index (χ2n) is 6.33. The average molecular weight is 324 g/mol. The van der Waals surface area contributed by atoms with Crippen LogP contribution in [0.25, 0.3) is 0 Å². The standard InChI is InChI=1S/C19H17FN2O2/c20-16-10-4-2-7-14(16)12-22-17(23)19(21-18(22)24)11-5-8-13-6-1-3-9-15(13)19/h1-4,6-7,9-10H,5,8,11-12H2,(H,21,24)/t19-/m0/s1. The molecule has 0 saturated carbocycles. The minimum atomic E-state index is -1.00. The maximum absolute atomic E-state index is 13.9. The fourth-order valence-electron chi connectivity index (χ4n) is 3.75. The predicted octanol–water partition coefficient (Wildman–Crippen LogP) is 3.11. The number of fused-ring (bicyclic) bond motifs is 2. The summed E-state index contributed by atoms with van der Waals surface area (Å²) in [5, 5.41) is 2.88. The molecule has 1 atom stereocenters. The van der Waals surface area contributed by atoms with Crippen molar-refractivity contribution in [3.63, 3.8) is 0 Å². The number of nitrogens with zero attached hydrogens (tertiary/aromatic N) is 1. The zero-order valence-corrected chi connectivity index (χ0v) is 13.1. The summed E-state index contributed by atoms with van der Waals surface area (Å²) in [6, 6.07) is 13.5. The van der Waals surface area contributed by atoms with E-state index in [0.717, 1.165) is 28.9 Å². The van der Waals surface area contributed by atoms with Crippen LogP contribution in [0.2, 0.25) is 0 Å². The lowest BCUT2D eigenvalue weighted by atomic mass is 9.76. The van der Waals surface area contributed by atoms with Gasteiger partial charge in [0, 0.05) is 5.56 Å². The Morgan fingerprint density at radius 2 is 1.83 bits per heavy atom. The van der Waals surface area contributed by atoms with Crippen LogP contribution in [0.4, 0.5) is 9.18 Å². The van der Waals surface area contributed by atoms with E-state index in [1.807, 2.05) is 24.3 Å². The van der Waals surface area contributed by atoms with Gasteiger partial charge < -0.3 is 5.32 Å². The third-order valence-corrected chi connectivity index (χ3v) is 4.94. The van der Waals surface area contributed by atoms with Gasteiger partial charge in [0.15, 0.2) is 0 Å². The number of urea groups is 1. The maximum Gasteiger partial charge on any atom is 0.325 e. The summed E-state index contributed by atoms with van der Waals surface area (Å²) < 4.78 is 13.9. The molecule has 0 aromatic heterocycles. The van der Waals surface area contributed by atoms with Crippen molar-refractivity contribution in [2.75, 3.05) is 0 Å². The lowest BCUT2D eigenvalue weighted by Gasteiger charge is -2.33. The number of rotatable bonds is 2. The molecule has 1 aliphatic carbocycles. The Morgan fingerprint density at radius 3 is 2.67 bits per heavy atom. The number of amides is 3. The molecule has 1 heterocycles. The summed E-state index contributed by atoms with van der Waals surface area (Å²) in [5.41, 5.74) is 1.29. The van der Waals surface area contributed by atoms with Crippen molar-refractivity contribution in [1.29, 1.82) is 0 Å². The highest BCUT2D eigenvalue weighted by molar-refractivity contribution is 6.07. The highest BCUT2D eigenvalue weighted by atomic mass is 19.1. The number of carbonyl (C=O) groups excluding carboxylic acids is 2. The van der Waals surface area contributed by atoms with Gasteiger partial charge in [-0.05, 0) is 36.5 Å². The summed E-state index contributed by atoms with van der Waals surface area (Å²) in [4.78, 5) is 26.7. The number of hydrogen-bond donors (Lipinski definition) is 1. The minimum Gasteiger partial charge on any atom is -0.319 e. The Balaban J connectivity index is 1.71. The zero-order valence-electron chi connectivity index (χ0n) is 13.1. The third-order valence-electron chi connectivity index (χ3n) is 4.94. The van der Waals surface area contributed by atoms with Crippen molar-refractivity contribution in [2.45, 2.75) is 31.3 Å². The van der Waals surface area contributed by atoms with E-state index in [-0.39, 0.29) is 12.5 Å². The van der Waals surface area contributed by atoms with Crippen LogP contribution < -0.4 is 5.32 Å². The van der Waals surface area contributed by atoms with E-state index in [1.54, 1.807) is 18.2 Å². The van der Waals surface area contributed by atoms with E-state index in [9.17, 15) is 14.0 Å². The van der Waals surface area contributed by atoms with Gasteiger partial charge in [-0.1, -0.05) is 42.5 Å². The Morgan fingerprint density at radius 1 is 1.08 bits per heavy atom. The molecule has 1 aliphatic heterocycles. The quantitative estimate of drug-likeness (QED) is 0.863. The molecule has 5 heteroatoms. The van der Waals surface area contributed by atoms with Gasteiger partial charge in [-0.2, -0.15) is 0 Å². The Kier molecular flexibility index (Phi) is 3.37. The molecule has 24 heavy (non-hydrogen) atoms. The van der Waals surface area contributed by atoms with Crippen LogP contribution >= 0.6 is 0 Å². The van der Waals surface area contributed by atoms with Gasteiger partial charge in [0.1, 0.15) is 11.4 Å². The maximum atomic E-state index is 13.9. The highest BCUT2D eigenvalue weighted by Gasteiger charge is 2.53. The van der Waals surface area contributed by atoms with Crippen molar-refractivity contribution < 1.29 is 14.0 Å². The minimum absolute atomic E-state index is 0.0543. The molecule has 1 spiro atoms. The number of imide groups is 1. The van der Waals surface area contributed by atoms with Gasteiger partial charge in [0.25, 0.3) is 5.91 Å². The zero-order chi connectivity index (χ0) is 16.7. The molecule has 2 aromatic carbocycles. The number of nitrogens with one attached hydrogen (secondary N) is 1. The second-order valence-corrected chi connectivity index (χ2v) is 6.33. The van der Waals surface area contributed by atoms with Crippen LogP contribution in [-0.2, 0) is 23.3 Å². The van der Waals surface area contributed by atoms with E-state index < -0.39 is 17.4 Å². The third kappa shape index (κ3) is 2.12. The molecular weight excluding hydrogens is 307 g/mol. The first-order valence-electron chi connectivity index (χ1n) is 8.08. The van der Waals surface area contributed by atoms with Crippen molar-refractivity contribution in [2.24, 2.45) is 0 Å². The summed E-state index contributed by atoms with van der Waals surface area (Å²) in [5.74, 6) is -0.703. The number of carbonyl (C=O) groups is 2. The Bertz CT molecular complexity index is 836. The molecule has 1 N–H and O–H groups in total. The first-order chi connectivity index (χ1) is 11.6. The van der Waals surface area contributed by atoms with Crippen LogP contribution in [0.5, 0.6) is 0 Å². The van der Waals surface area contributed by atoms with Crippen LogP contribution in [0.1, 0.15) is 29.5 Å². The van der Waals surface area contributed by atoms with Gasteiger partial charge in [0.05, 0.1) is 6.54 Å². The summed E-state index contributed by atoms with van der Waals surface area (Å²) >= 11 is 0. The number of aryl methyl sites for hydroxylation is 1. The Hall–Kier alpha value is -2.69. The topological polar surface area (TPSA) is 49.4 Å². The molecule has 1 saturated heterocycles. The number of benzene rings is 2. The van der Waals surface area contributed by atoms with Crippen molar-refractivity contribution in [3.8, 4) is 0 Å². The monoisotopic (exact) mass is 324 g/mol. The molecule has 2 aromatic rings. The van der Waals surface area contributed by atoms with Crippen molar-refractivity contribution in [3.05, 3.63) is 71.0 Å². The Labute approximate surface area is 139 Å². The van der Waals surface area contributed by atoms with E-state index in [2.05, 4.69) is 5.32 Å². The smallest absolute Gasteiger partial charge is 0.319 e. The molecule has 4 rings (SSSR count). The van der Waals surface area contributed by atoms with Gasteiger partial charge in [-0.25, -0.2) is 9.18 Å². The van der Waals surface area contributed by atoms with Crippen LogP contribution in [0.3, 0.4) is 0 Å². The van der Waals surface area contributed by atoms with E-state index >= 15 is 0 Å². The fourth-order valence-corrected chi connectivity index (χ4v) is 3.75. The van der Waals surface area contributed by atoms with Gasteiger partial charge >= 0.3 is 6.03 Å². The van der Waals surface area contributed by atoms with Crippen LogP contribution in [-0.4, -0.2) is 16.8 Å². The van der Waals surface area contributed by atoms with Gasteiger partial charge in [-0.15, -0.1) is 0 Å². The lowest BCUT2D eigenvalue weighted by molar-refractivity contribution is -0.132. The summed E-state index contributed by atoms with van der Waals surface area (Å²) in [7, 11) is 0. The molecule has 3 amide bonds. The average Bonchev–Trinajstić information content (AvgIpc) is 2.82. The number of halogens is 1. The normalized spacial score (nSPS) is 22.6. The first kappa shape index (κ1) is 14.9. The van der Waals surface area contributed by atoms with Gasteiger partial charge in [-0.3, -0.25) is 9.69 Å². The van der Waals surface area contributed by atoms with Crippen LogP contribution in [0, 0.1) is 5.82 Å².